The van der Waals surface area contributed by atoms with Gasteiger partial charge in [-0.25, -0.2) is 4.79 Å². The maximum absolute atomic E-state index is 11.5. The summed E-state index contributed by atoms with van der Waals surface area (Å²) in [6.07, 6.45) is 6.17. The van der Waals surface area contributed by atoms with Gasteiger partial charge in [0.25, 0.3) is 0 Å². The number of esters is 1. The van der Waals surface area contributed by atoms with Gasteiger partial charge in [0.1, 0.15) is 0 Å². The van der Waals surface area contributed by atoms with E-state index in [1.807, 2.05) is 42.5 Å². The number of hydrogen-bond acceptors (Lipinski definition) is 2. The lowest BCUT2D eigenvalue weighted by atomic mass is 10.0. The standard InChI is InChI=1S/C24H22O2/c1-26-24(25)23-17-15-22(16-18-23)14-13-21-11-9-20(10-12-21)8-7-19-5-3-2-4-6-19/h2-12,15-18H,13-14H2,1H3. The third-order valence-corrected chi connectivity index (χ3v) is 4.32. The van der Waals surface area contributed by atoms with Crippen molar-refractivity contribution >= 4 is 18.1 Å². The van der Waals surface area contributed by atoms with Gasteiger partial charge in [-0.1, -0.05) is 78.9 Å². The third-order valence-electron chi connectivity index (χ3n) is 4.32. The van der Waals surface area contributed by atoms with Gasteiger partial charge < -0.3 is 4.74 Å². The highest BCUT2D eigenvalue weighted by Crippen LogP contribution is 2.13. The second-order valence-corrected chi connectivity index (χ2v) is 6.17. The Balaban J connectivity index is 1.56. The second kappa shape index (κ2) is 8.82. The minimum atomic E-state index is -0.296. The lowest BCUT2D eigenvalue weighted by molar-refractivity contribution is 0.0600. The summed E-state index contributed by atoms with van der Waals surface area (Å²) < 4.78 is 4.72. The highest BCUT2D eigenvalue weighted by molar-refractivity contribution is 5.89. The zero-order chi connectivity index (χ0) is 18.2. The molecular formula is C24H22O2. The van der Waals surface area contributed by atoms with Gasteiger partial charge in [-0.3, -0.25) is 0 Å². The molecule has 0 atom stereocenters. The van der Waals surface area contributed by atoms with E-state index in [1.54, 1.807) is 0 Å². The normalized spacial score (nSPS) is 10.8. The molecule has 0 N–H and O–H groups in total. The van der Waals surface area contributed by atoms with Crippen molar-refractivity contribution in [2.24, 2.45) is 0 Å². The molecular weight excluding hydrogens is 320 g/mol. The molecule has 0 saturated heterocycles. The van der Waals surface area contributed by atoms with Gasteiger partial charge >= 0.3 is 5.97 Å². The summed E-state index contributed by atoms with van der Waals surface area (Å²) in [5, 5.41) is 0. The van der Waals surface area contributed by atoms with Crippen molar-refractivity contribution < 1.29 is 9.53 Å². The van der Waals surface area contributed by atoms with Crippen molar-refractivity contribution in [3.63, 3.8) is 0 Å². The van der Waals surface area contributed by atoms with Crippen LogP contribution in [0, 0.1) is 0 Å². The molecule has 0 spiro atoms. The Labute approximate surface area is 154 Å². The van der Waals surface area contributed by atoms with E-state index in [0.29, 0.717) is 5.56 Å². The topological polar surface area (TPSA) is 26.3 Å². The highest BCUT2D eigenvalue weighted by atomic mass is 16.5. The van der Waals surface area contributed by atoms with Gasteiger partial charge in [0.05, 0.1) is 12.7 Å². The zero-order valence-electron chi connectivity index (χ0n) is 14.9. The zero-order valence-corrected chi connectivity index (χ0v) is 14.9. The van der Waals surface area contributed by atoms with Gasteiger partial charge in [0.2, 0.25) is 0 Å². The van der Waals surface area contributed by atoms with Crippen LogP contribution < -0.4 is 0 Å². The molecule has 0 aliphatic carbocycles. The molecule has 0 saturated carbocycles. The number of ether oxygens (including phenoxy) is 1. The van der Waals surface area contributed by atoms with Crippen molar-refractivity contribution in [2.45, 2.75) is 12.8 Å². The van der Waals surface area contributed by atoms with E-state index in [9.17, 15) is 4.79 Å². The Kier molecular flexibility index (Phi) is 6.00. The first-order chi connectivity index (χ1) is 12.7. The molecule has 0 fully saturated rings. The molecule has 0 unspecified atom stereocenters. The number of rotatable bonds is 6. The molecule has 3 rings (SSSR count). The van der Waals surface area contributed by atoms with Crippen LogP contribution >= 0.6 is 0 Å². The predicted molar refractivity (Wildman–Crippen MR) is 107 cm³/mol. The third kappa shape index (κ3) is 4.93. The van der Waals surface area contributed by atoms with Crippen LogP contribution in [0.5, 0.6) is 0 Å². The molecule has 0 radical (unpaired) electrons. The monoisotopic (exact) mass is 342 g/mol. The lowest BCUT2D eigenvalue weighted by Gasteiger charge is -2.04. The molecule has 0 amide bonds. The smallest absolute Gasteiger partial charge is 0.337 e. The Morgan fingerprint density at radius 1 is 0.731 bits per heavy atom. The Morgan fingerprint density at radius 3 is 1.77 bits per heavy atom. The number of benzene rings is 3. The van der Waals surface area contributed by atoms with Crippen LogP contribution in [0.1, 0.15) is 32.6 Å². The van der Waals surface area contributed by atoms with Crippen LogP contribution in [0.15, 0.2) is 78.9 Å². The molecule has 2 nitrogen and oxygen atoms in total. The van der Waals surface area contributed by atoms with Gasteiger partial charge in [0, 0.05) is 0 Å². The minimum Gasteiger partial charge on any atom is -0.465 e. The minimum absolute atomic E-state index is 0.296. The molecule has 0 bridgehead atoms. The van der Waals surface area contributed by atoms with Gasteiger partial charge in [-0.05, 0) is 47.2 Å². The van der Waals surface area contributed by atoms with E-state index in [-0.39, 0.29) is 5.97 Å². The number of carbonyl (C=O) groups is 1. The van der Waals surface area contributed by atoms with Gasteiger partial charge in [-0.15, -0.1) is 0 Å². The van der Waals surface area contributed by atoms with E-state index in [0.717, 1.165) is 12.8 Å². The Morgan fingerprint density at radius 2 is 1.23 bits per heavy atom. The summed E-state index contributed by atoms with van der Waals surface area (Å²) in [4.78, 5) is 11.5. The van der Waals surface area contributed by atoms with Crippen LogP contribution in [0.25, 0.3) is 12.2 Å². The lowest BCUT2D eigenvalue weighted by Crippen LogP contribution is -2.01. The number of aryl methyl sites for hydroxylation is 2. The molecule has 3 aromatic rings. The molecule has 0 heterocycles. The van der Waals surface area contributed by atoms with Gasteiger partial charge in [-0.2, -0.15) is 0 Å². The summed E-state index contributed by atoms with van der Waals surface area (Å²) in [5.41, 5.74) is 5.50. The fourth-order valence-electron chi connectivity index (χ4n) is 2.77. The first-order valence-corrected chi connectivity index (χ1v) is 8.74. The second-order valence-electron chi connectivity index (χ2n) is 6.17. The van der Waals surface area contributed by atoms with Crippen LogP contribution in [0.3, 0.4) is 0 Å². The number of hydrogen-bond donors (Lipinski definition) is 0. The van der Waals surface area contributed by atoms with Crippen molar-refractivity contribution in [1.82, 2.24) is 0 Å². The van der Waals surface area contributed by atoms with E-state index in [1.165, 1.54) is 29.4 Å². The van der Waals surface area contributed by atoms with E-state index >= 15 is 0 Å². The van der Waals surface area contributed by atoms with Crippen LogP contribution in [0.4, 0.5) is 0 Å². The predicted octanol–water partition coefficient (Wildman–Crippen LogP) is 5.43. The van der Waals surface area contributed by atoms with Crippen LogP contribution in [0.2, 0.25) is 0 Å². The number of carbonyl (C=O) groups excluding carboxylic acids is 1. The first kappa shape index (κ1) is 17.7. The Hall–Kier alpha value is -3.13. The summed E-state index contributed by atoms with van der Waals surface area (Å²) in [6.45, 7) is 0. The summed E-state index contributed by atoms with van der Waals surface area (Å²) in [6, 6.07) is 26.6. The number of methoxy groups -OCH3 is 1. The van der Waals surface area contributed by atoms with E-state index < -0.39 is 0 Å². The fourth-order valence-corrected chi connectivity index (χ4v) is 2.77. The quantitative estimate of drug-likeness (QED) is 0.441. The molecule has 26 heavy (non-hydrogen) atoms. The average Bonchev–Trinajstić information content (AvgIpc) is 2.72. The SMILES string of the molecule is COC(=O)c1ccc(CCc2ccc(C=Cc3ccccc3)cc2)cc1. The summed E-state index contributed by atoms with van der Waals surface area (Å²) in [7, 11) is 1.40. The van der Waals surface area contributed by atoms with Crippen molar-refractivity contribution in [2.75, 3.05) is 7.11 Å². The summed E-state index contributed by atoms with van der Waals surface area (Å²) >= 11 is 0. The molecule has 0 aromatic heterocycles. The van der Waals surface area contributed by atoms with Gasteiger partial charge in [0.15, 0.2) is 0 Å². The van der Waals surface area contributed by atoms with E-state index in [4.69, 9.17) is 4.74 Å². The molecule has 3 aromatic carbocycles. The van der Waals surface area contributed by atoms with E-state index in [2.05, 4.69) is 48.6 Å². The highest BCUT2D eigenvalue weighted by Gasteiger charge is 2.04. The maximum atomic E-state index is 11.5. The summed E-state index contributed by atoms with van der Waals surface area (Å²) in [5.74, 6) is -0.296. The molecule has 130 valence electrons. The van der Waals surface area contributed by atoms with Crippen LogP contribution in [-0.2, 0) is 17.6 Å². The first-order valence-electron chi connectivity index (χ1n) is 8.74. The Bertz CT molecular complexity index is 860. The van der Waals surface area contributed by atoms with Crippen molar-refractivity contribution in [3.8, 4) is 0 Å². The molecule has 0 aliphatic rings. The molecule has 2 heteroatoms. The van der Waals surface area contributed by atoms with Crippen molar-refractivity contribution in [3.05, 3.63) is 107 Å². The van der Waals surface area contributed by atoms with Crippen LogP contribution in [-0.4, -0.2) is 13.1 Å². The largest absolute Gasteiger partial charge is 0.465 e. The van der Waals surface area contributed by atoms with Crippen molar-refractivity contribution in [1.29, 1.82) is 0 Å². The maximum Gasteiger partial charge on any atom is 0.337 e. The average molecular weight is 342 g/mol. The molecule has 0 aliphatic heterocycles. The fraction of sp³-hybridized carbons (Fsp3) is 0.125.